The fourth-order valence-electron chi connectivity index (χ4n) is 0.965. The van der Waals surface area contributed by atoms with E-state index in [2.05, 4.69) is 5.73 Å². The number of carboxylic acid groups (broad SMARTS) is 2. The summed E-state index contributed by atoms with van der Waals surface area (Å²) < 4.78 is 4.86. The summed E-state index contributed by atoms with van der Waals surface area (Å²) in [5, 5.41) is 24.8. The van der Waals surface area contributed by atoms with Crippen LogP contribution in [0.15, 0.2) is 24.3 Å². The Bertz CT molecular complexity index is 451. The highest BCUT2D eigenvalue weighted by molar-refractivity contribution is 5.85. The second-order valence-corrected chi connectivity index (χ2v) is 2.94. The van der Waals surface area contributed by atoms with Gasteiger partial charge in [0.15, 0.2) is 11.5 Å². The number of aromatic hydroxyl groups is 1. The summed E-state index contributed by atoms with van der Waals surface area (Å²) in [6, 6.07) is 4.59. The summed E-state index contributed by atoms with van der Waals surface area (Å²) in [5.74, 6) is -0.672. The molecule has 1 amide bonds. The summed E-state index contributed by atoms with van der Waals surface area (Å²) >= 11 is 0. The number of carboxylic acids is 1. The predicted octanol–water partition coefficient (Wildman–Crippen LogP) is 1.12. The van der Waals surface area contributed by atoms with Crippen molar-refractivity contribution >= 4 is 18.1 Å². The van der Waals surface area contributed by atoms with Gasteiger partial charge in [0.25, 0.3) is 0 Å². The van der Waals surface area contributed by atoms with Crippen molar-refractivity contribution in [2.24, 2.45) is 5.73 Å². The Hall–Kier alpha value is -2.70. The van der Waals surface area contributed by atoms with Crippen LogP contribution in [0.5, 0.6) is 11.5 Å². The molecule has 18 heavy (non-hydrogen) atoms. The van der Waals surface area contributed by atoms with Crippen molar-refractivity contribution < 1.29 is 29.6 Å². The maximum atomic E-state index is 10.2. The highest BCUT2D eigenvalue weighted by atomic mass is 16.5. The lowest BCUT2D eigenvalue weighted by Gasteiger charge is -2.03. The number of carbonyl (C=O) groups is 2. The second-order valence-electron chi connectivity index (χ2n) is 2.94. The van der Waals surface area contributed by atoms with Gasteiger partial charge in [-0.15, -0.1) is 0 Å². The molecule has 0 atom stereocenters. The molecule has 0 heterocycles. The van der Waals surface area contributed by atoms with E-state index in [1.165, 1.54) is 19.3 Å². The molecule has 0 aromatic heterocycles. The molecular weight excluding hydrogens is 242 g/mol. The first-order valence-corrected chi connectivity index (χ1v) is 4.63. The number of ether oxygens (including phenoxy) is 1. The lowest BCUT2D eigenvalue weighted by Crippen LogP contribution is -2.03. The number of hydrogen-bond acceptors (Lipinski definition) is 4. The van der Waals surface area contributed by atoms with Gasteiger partial charge < -0.3 is 25.8 Å². The first kappa shape index (κ1) is 15.3. The van der Waals surface area contributed by atoms with Crippen molar-refractivity contribution in [3.63, 3.8) is 0 Å². The quantitative estimate of drug-likeness (QED) is 0.599. The highest BCUT2D eigenvalue weighted by Crippen LogP contribution is 2.26. The van der Waals surface area contributed by atoms with Gasteiger partial charge in [0.1, 0.15) is 0 Å². The normalized spacial score (nSPS) is 9.39. The van der Waals surface area contributed by atoms with Crippen LogP contribution in [-0.2, 0) is 4.79 Å². The summed E-state index contributed by atoms with van der Waals surface area (Å²) in [6.45, 7) is 0. The minimum atomic E-state index is -1.33. The Morgan fingerprint density at radius 2 is 1.89 bits per heavy atom. The Morgan fingerprint density at radius 1 is 1.33 bits per heavy atom. The van der Waals surface area contributed by atoms with Gasteiger partial charge >= 0.3 is 12.1 Å². The van der Waals surface area contributed by atoms with Crippen molar-refractivity contribution in [3.8, 4) is 11.5 Å². The third kappa shape index (κ3) is 6.72. The standard InChI is InChI=1S/C10H10O4.CH3NO2/c1-14-9-6-7(2-4-8(9)11)3-5-10(12)13;2-1(3)4/h2-6,11H,1H3,(H,12,13);2H2,(H,3,4). The summed E-state index contributed by atoms with van der Waals surface area (Å²) in [4.78, 5) is 19.0. The lowest BCUT2D eigenvalue weighted by atomic mass is 10.2. The van der Waals surface area contributed by atoms with Gasteiger partial charge in [-0.2, -0.15) is 0 Å². The summed E-state index contributed by atoms with van der Waals surface area (Å²) in [7, 11) is 1.43. The van der Waals surface area contributed by atoms with Crippen LogP contribution in [0, 0.1) is 0 Å². The third-order valence-electron chi connectivity index (χ3n) is 1.62. The van der Waals surface area contributed by atoms with E-state index in [-0.39, 0.29) is 5.75 Å². The third-order valence-corrected chi connectivity index (χ3v) is 1.62. The molecule has 0 aliphatic heterocycles. The summed E-state index contributed by atoms with van der Waals surface area (Å²) in [5.41, 5.74) is 4.68. The molecule has 0 bridgehead atoms. The number of rotatable bonds is 3. The molecule has 0 radical (unpaired) electrons. The van der Waals surface area contributed by atoms with E-state index in [1.807, 2.05) is 0 Å². The number of benzene rings is 1. The van der Waals surface area contributed by atoms with Crippen molar-refractivity contribution in [1.82, 2.24) is 0 Å². The molecule has 0 unspecified atom stereocenters. The van der Waals surface area contributed by atoms with Gasteiger partial charge in [-0.05, 0) is 23.8 Å². The SMILES string of the molecule is COc1cc(C=CC(=O)O)ccc1O.NC(=O)O. The van der Waals surface area contributed by atoms with Gasteiger partial charge in [0.2, 0.25) is 0 Å². The van der Waals surface area contributed by atoms with E-state index in [4.69, 9.17) is 19.7 Å². The molecule has 1 aromatic rings. The molecule has 7 nitrogen and oxygen atoms in total. The van der Waals surface area contributed by atoms with E-state index in [0.29, 0.717) is 11.3 Å². The average Bonchev–Trinajstić information content (AvgIpc) is 2.27. The van der Waals surface area contributed by atoms with Gasteiger partial charge in [0, 0.05) is 6.08 Å². The minimum absolute atomic E-state index is 0.0278. The smallest absolute Gasteiger partial charge is 0.402 e. The number of phenols is 1. The Balaban J connectivity index is 0.000000631. The molecule has 0 saturated heterocycles. The van der Waals surface area contributed by atoms with E-state index in [0.717, 1.165) is 6.08 Å². The van der Waals surface area contributed by atoms with Gasteiger partial charge in [-0.3, -0.25) is 0 Å². The van der Waals surface area contributed by atoms with Gasteiger partial charge in [-0.25, -0.2) is 9.59 Å². The van der Waals surface area contributed by atoms with Crippen molar-refractivity contribution in [3.05, 3.63) is 29.8 Å². The number of phenolic OH excluding ortho intramolecular Hbond substituents is 1. The van der Waals surface area contributed by atoms with Crippen LogP contribution in [0.1, 0.15) is 5.56 Å². The number of aliphatic carboxylic acids is 1. The lowest BCUT2D eigenvalue weighted by molar-refractivity contribution is -0.131. The topological polar surface area (TPSA) is 130 Å². The van der Waals surface area contributed by atoms with Crippen molar-refractivity contribution in [2.75, 3.05) is 7.11 Å². The van der Waals surface area contributed by atoms with Crippen molar-refractivity contribution in [2.45, 2.75) is 0 Å². The molecule has 0 spiro atoms. The fraction of sp³-hybridized carbons (Fsp3) is 0.0909. The summed E-state index contributed by atoms with van der Waals surface area (Å²) in [6.07, 6.45) is 1.11. The van der Waals surface area contributed by atoms with Crippen LogP contribution < -0.4 is 10.5 Å². The van der Waals surface area contributed by atoms with Crippen LogP contribution in [0.3, 0.4) is 0 Å². The Kier molecular flexibility index (Phi) is 6.42. The highest BCUT2D eigenvalue weighted by Gasteiger charge is 2.00. The predicted molar refractivity (Wildman–Crippen MR) is 63.5 cm³/mol. The van der Waals surface area contributed by atoms with Crippen LogP contribution in [0.2, 0.25) is 0 Å². The van der Waals surface area contributed by atoms with Crippen LogP contribution in [-0.4, -0.2) is 34.5 Å². The maximum absolute atomic E-state index is 10.2. The Labute approximate surface area is 103 Å². The average molecular weight is 255 g/mol. The zero-order valence-electron chi connectivity index (χ0n) is 9.53. The molecule has 0 aliphatic rings. The van der Waals surface area contributed by atoms with E-state index in [9.17, 15) is 9.90 Å². The number of amides is 1. The number of primary amides is 1. The maximum Gasteiger partial charge on any atom is 0.402 e. The molecule has 98 valence electrons. The molecule has 7 heteroatoms. The monoisotopic (exact) mass is 255 g/mol. The van der Waals surface area contributed by atoms with E-state index >= 15 is 0 Å². The first-order valence-electron chi connectivity index (χ1n) is 4.63. The minimum Gasteiger partial charge on any atom is -0.504 e. The molecule has 0 aliphatic carbocycles. The van der Waals surface area contributed by atoms with Gasteiger partial charge in [-0.1, -0.05) is 6.07 Å². The van der Waals surface area contributed by atoms with Crippen LogP contribution in [0.25, 0.3) is 6.08 Å². The number of nitrogens with two attached hydrogens (primary N) is 1. The fourth-order valence-corrected chi connectivity index (χ4v) is 0.965. The first-order chi connectivity index (χ1) is 8.36. The molecule has 5 N–H and O–H groups in total. The second kappa shape index (κ2) is 7.55. The van der Waals surface area contributed by atoms with Gasteiger partial charge in [0.05, 0.1) is 7.11 Å². The zero-order chi connectivity index (χ0) is 14.1. The molecule has 0 saturated carbocycles. The molecule has 1 aromatic carbocycles. The molecule has 1 rings (SSSR count). The molecular formula is C11H13NO6. The largest absolute Gasteiger partial charge is 0.504 e. The van der Waals surface area contributed by atoms with Crippen molar-refractivity contribution in [1.29, 1.82) is 0 Å². The zero-order valence-corrected chi connectivity index (χ0v) is 9.53. The van der Waals surface area contributed by atoms with Crippen LogP contribution in [0.4, 0.5) is 4.79 Å². The van der Waals surface area contributed by atoms with Crippen LogP contribution >= 0.6 is 0 Å². The molecule has 0 fully saturated rings. The van der Waals surface area contributed by atoms with E-state index < -0.39 is 12.1 Å². The number of methoxy groups -OCH3 is 1. The van der Waals surface area contributed by atoms with E-state index in [1.54, 1.807) is 12.1 Å². The Morgan fingerprint density at radius 3 is 2.33 bits per heavy atom. The number of hydrogen-bond donors (Lipinski definition) is 4.